The maximum absolute atomic E-state index is 5.34. The Bertz CT molecular complexity index is 592. The molecule has 0 saturated carbocycles. The number of ether oxygens (including phenoxy) is 1. The van der Waals surface area contributed by atoms with Crippen LogP contribution in [0.3, 0.4) is 0 Å². The lowest BCUT2D eigenvalue weighted by atomic mass is 10.2. The van der Waals surface area contributed by atoms with Crippen molar-refractivity contribution in [2.75, 3.05) is 24.3 Å². The van der Waals surface area contributed by atoms with Gasteiger partial charge in [0.25, 0.3) is 0 Å². The lowest BCUT2D eigenvalue weighted by molar-refractivity contribution is 0.410. The zero-order valence-corrected chi connectivity index (χ0v) is 13.8. The number of rotatable bonds is 7. The Balaban J connectivity index is 2.08. The van der Waals surface area contributed by atoms with Gasteiger partial charge in [-0.2, -0.15) is 4.98 Å². The molecule has 0 radical (unpaired) electrons. The first kappa shape index (κ1) is 15.6. The normalized spacial score (nSPS) is 10.2. The van der Waals surface area contributed by atoms with Gasteiger partial charge in [0.05, 0.1) is 11.6 Å². The fourth-order valence-corrected chi connectivity index (χ4v) is 2.17. The molecule has 2 rings (SSSR count). The molecule has 2 N–H and O–H groups in total. The van der Waals surface area contributed by atoms with Crippen molar-refractivity contribution in [1.82, 2.24) is 9.97 Å². The van der Waals surface area contributed by atoms with Crippen LogP contribution in [-0.4, -0.2) is 23.6 Å². The van der Waals surface area contributed by atoms with Gasteiger partial charge in [0.1, 0.15) is 11.6 Å². The number of hydrogen-bond donors (Lipinski definition) is 2. The van der Waals surface area contributed by atoms with Gasteiger partial charge in [0.15, 0.2) is 0 Å². The quantitative estimate of drug-likeness (QED) is 0.797. The summed E-state index contributed by atoms with van der Waals surface area (Å²) < 4.78 is 6.18. The van der Waals surface area contributed by atoms with Crippen LogP contribution >= 0.6 is 15.9 Å². The molecule has 0 spiro atoms. The first-order valence-electron chi connectivity index (χ1n) is 6.86. The summed E-state index contributed by atoms with van der Waals surface area (Å²) in [7, 11) is 1.67. The van der Waals surface area contributed by atoms with E-state index in [-0.39, 0.29) is 0 Å². The zero-order valence-electron chi connectivity index (χ0n) is 12.2. The van der Waals surface area contributed by atoms with E-state index in [2.05, 4.69) is 43.5 Å². The molecule has 2 aromatic rings. The van der Waals surface area contributed by atoms with Gasteiger partial charge in [0.2, 0.25) is 5.95 Å². The minimum Gasteiger partial charge on any atom is -0.496 e. The van der Waals surface area contributed by atoms with Gasteiger partial charge in [-0.25, -0.2) is 4.98 Å². The number of benzene rings is 1. The maximum Gasteiger partial charge on any atom is 0.224 e. The molecule has 1 aromatic heterocycles. The Kier molecular flexibility index (Phi) is 5.80. The molecule has 0 fully saturated rings. The van der Waals surface area contributed by atoms with Crippen molar-refractivity contribution >= 4 is 27.7 Å². The predicted octanol–water partition coefficient (Wildman–Crippen LogP) is 3.68. The topological polar surface area (TPSA) is 59.1 Å². The summed E-state index contributed by atoms with van der Waals surface area (Å²) in [5, 5.41) is 6.48. The maximum atomic E-state index is 5.34. The van der Waals surface area contributed by atoms with Crippen molar-refractivity contribution in [3.8, 4) is 5.75 Å². The van der Waals surface area contributed by atoms with E-state index >= 15 is 0 Å². The molecule has 21 heavy (non-hydrogen) atoms. The second-order valence-corrected chi connectivity index (χ2v) is 5.34. The van der Waals surface area contributed by atoms with Crippen molar-refractivity contribution in [2.24, 2.45) is 0 Å². The van der Waals surface area contributed by atoms with Gasteiger partial charge in [-0.1, -0.05) is 25.1 Å². The minimum absolute atomic E-state index is 0.627. The summed E-state index contributed by atoms with van der Waals surface area (Å²) in [4.78, 5) is 8.69. The number of nitrogens with one attached hydrogen (secondary N) is 2. The minimum atomic E-state index is 0.627. The lowest BCUT2D eigenvalue weighted by Gasteiger charge is -2.12. The van der Waals surface area contributed by atoms with Gasteiger partial charge in [-0.3, -0.25) is 0 Å². The molecule has 1 aromatic carbocycles. The number of halogens is 1. The fourth-order valence-electron chi connectivity index (χ4n) is 1.84. The molecule has 0 atom stereocenters. The van der Waals surface area contributed by atoms with Crippen molar-refractivity contribution < 1.29 is 4.74 Å². The number of aromatic nitrogens is 2. The molecule has 112 valence electrons. The summed E-state index contributed by atoms with van der Waals surface area (Å²) in [6.45, 7) is 3.59. The Morgan fingerprint density at radius 2 is 2.05 bits per heavy atom. The third-order valence-electron chi connectivity index (χ3n) is 2.92. The summed E-state index contributed by atoms with van der Waals surface area (Å²) in [6.07, 6.45) is 2.78. The van der Waals surface area contributed by atoms with Crippen LogP contribution in [0.2, 0.25) is 0 Å². The van der Waals surface area contributed by atoms with Crippen LogP contribution < -0.4 is 15.4 Å². The summed E-state index contributed by atoms with van der Waals surface area (Å²) in [5.74, 6) is 2.25. The number of hydrogen-bond acceptors (Lipinski definition) is 5. The van der Waals surface area contributed by atoms with Crippen molar-refractivity contribution in [2.45, 2.75) is 19.9 Å². The predicted molar refractivity (Wildman–Crippen MR) is 88.8 cm³/mol. The molecule has 5 nitrogen and oxygen atoms in total. The second-order valence-electron chi connectivity index (χ2n) is 4.48. The van der Waals surface area contributed by atoms with E-state index in [1.165, 1.54) is 0 Å². The Morgan fingerprint density at radius 1 is 1.24 bits per heavy atom. The fraction of sp³-hybridized carbons (Fsp3) is 0.333. The number of para-hydroxylation sites is 1. The molecule has 0 aliphatic heterocycles. The smallest absolute Gasteiger partial charge is 0.224 e. The number of anilines is 2. The van der Waals surface area contributed by atoms with Crippen molar-refractivity contribution in [1.29, 1.82) is 0 Å². The van der Waals surface area contributed by atoms with Crippen LogP contribution in [0.25, 0.3) is 0 Å². The van der Waals surface area contributed by atoms with Crippen LogP contribution in [0.1, 0.15) is 18.9 Å². The lowest BCUT2D eigenvalue weighted by Crippen LogP contribution is -2.08. The largest absolute Gasteiger partial charge is 0.496 e. The first-order valence-corrected chi connectivity index (χ1v) is 7.66. The Morgan fingerprint density at radius 3 is 2.81 bits per heavy atom. The summed E-state index contributed by atoms with van der Waals surface area (Å²) in [6, 6.07) is 7.91. The van der Waals surface area contributed by atoms with E-state index in [4.69, 9.17) is 4.74 Å². The van der Waals surface area contributed by atoms with Crippen molar-refractivity contribution in [3.05, 3.63) is 40.5 Å². The van der Waals surface area contributed by atoms with Gasteiger partial charge < -0.3 is 15.4 Å². The molecule has 1 heterocycles. The molecule has 0 amide bonds. The van der Waals surface area contributed by atoms with E-state index in [0.29, 0.717) is 12.5 Å². The standard InChI is InChI=1S/C15H19BrN4O/c1-3-8-17-15-19-10-12(16)14(20-15)18-9-11-6-4-5-7-13(11)21-2/h4-7,10H,3,8-9H2,1-2H3,(H2,17,18,19,20). The van der Waals surface area contributed by atoms with E-state index in [0.717, 1.165) is 34.6 Å². The van der Waals surface area contributed by atoms with E-state index < -0.39 is 0 Å². The Labute approximate surface area is 133 Å². The zero-order chi connectivity index (χ0) is 15.1. The molecular formula is C15H19BrN4O. The molecule has 0 aliphatic rings. The highest BCUT2D eigenvalue weighted by atomic mass is 79.9. The van der Waals surface area contributed by atoms with Gasteiger partial charge in [-0.15, -0.1) is 0 Å². The number of nitrogens with zero attached hydrogens (tertiary/aromatic N) is 2. The SMILES string of the molecule is CCCNc1ncc(Br)c(NCc2ccccc2OC)n1. The van der Waals surface area contributed by atoms with Crippen LogP contribution in [0.5, 0.6) is 5.75 Å². The van der Waals surface area contributed by atoms with Crippen LogP contribution in [0.4, 0.5) is 11.8 Å². The van der Waals surface area contributed by atoms with Gasteiger partial charge in [-0.05, 0) is 28.4 Å². The third-order valence-corrected chi connectivity index (χ3v) is 3.50. The molecule has 0 bridgehead atoms. The molecule has 0 aliphatic carbocycles. The highest BCUT2D eigenvalue weighted by molar-refractivity contribution is 9.10. The second kappa shape index (κ2) is 7.83. The number of methoxy groups -OCH3 is 1. The van der Waals surface area contributed by atoms with Gasteiger partial charge in [0, 0.05) is 24.8 Å². The molecular weight excluding hydrogens is 332 g/mol. The first-order chi connectivity index (χ1) is 10.2. The van der Waals surface area contributed by atoms with Crippen LogP contribution in [-0.2, 0) is 6.54 Å². The van der Waals surface area contributed by atoms with Crippen LogP contribution in [0, 0.1) is 0 Å². The average Bonchev–Trinajstić information content (AvgIpc) is 2.53. The van der Waals surface area contributed by atoms with Crippen molar-refractivity contribution in [3.63, 3.8) is 0 Å². The molecule has 0 unspecified atom stereocenters. The highest BCUT2D eigenvalue weighted by Gasteiger charge is 2.06. The average molecular weight is 351 g/mol. The summed E-state index contributed by atoms with van der Waals surface area (Å²) >= 11 is 3.46. The Hall–Kier alpha value is -1.82. The van der Waals surface area contributed by atoms with Crippen LogP contribution in [0.15, 0.2) is 34.9 Å². The molecule has 0 saturated heterocycles. The van der Waals surface area contributed by atoms with E-state index in [1.54, 1.807) is 13.3 Å². The molecule has 6 heteroatoms. The van der Waals surface area contributed by atoms with E-state index in [1.807, 2.05) is 24.3 Å². The van der Waals surface area contributed by atoms with Gasteiger partial charge >= 0.3 is 0 Å². The monoisotopic (exact) mass is 350 g/mol. The van der Waals surface area contributed by atoms with E-state index in [9.17, 15) is 0 Å². The summed E-state index contributed by atoms with van der Waals surface area (Å²) in [5.41, 5.74) is 1.08. The third kappa shape index (κ3) is 4.32. The highest BCUT2D eigenvalue weighted by Crippen LogP contribution is 2.23.